The Bertz CT molecular complexity index is 1040. The van der Waals surface area contributed by atoms with Crippen molar-refractivity contribution in [1.82, 2.24) is 9.99 Å². The van der Waals surface area contributed by atoms with Gasteiger partial charge in [0.15, 0.2) is 0 Å². The van der Waals surface area contributed by atoms with E-state index in [0.29, 0.717) is 5.69 Å². The summed E-state index contributed by atoms with van der Waals surface area (Å²) in [4.78, 5) is 23.8. The number of hydrazone groups is 1. The second-order valence-electron chi connectivity index (χ2n) is 6.47. The zero-order valence-corrected chi connectivity index (χ0v) is 16.1. The van der Waals surface area contributed by atoms with Crippen LogP contribution in [0.3, 0.4) is 0 Å². The molecule has 0 bridgehead atoms. The van der Waals surface area contributed by atoms with E-state index in [1.165, 1.54) is 5.56 Å². The Morgan fingerprint density at radius 1 is 0.929 bits per heavy atom. The van der Waals surface area contributed by atoms with Crippen LogP contribution in [-0.2, 0) is 9.59 Å². The van der Waals surface area contributed by atoms with Crippen molar-refractivity contribution in [2.24, 2.45) is 5.10 Å². The molecule has 2 amide bonds. The first-order valence-electron chi connectivity index (χ1n) is 8.91. The van der Waals surface area contributed by atoms with Gasteiger partial charge in [-0.2, -0.15) is 5.10 Å². The largest absolute Gasteiger partial charge is 0.329 e. The lowest BCUT2D eigenvalue weighted by molar-refractivity contribution is -0.136. The molecule has 0 aliphatic rings. The number of hydrogen-bond acceptors (Lipinski definition) is 3. The molecule has 1 heterocycles. The Balaban J connectivity index is 1.70. The molecule has 0 fully saturated rings. The summed E-state index contributed by atoms with van der Waals surface area (Å²) >= 11 is 0. The fourth-order valence-electron chi connectivity index (χ4n) is 3.02. The average Bonchev–Trinajstić information content (AvgIpc) is 2.96. The molecule has 0 saturated heterocycles. The van der Waals surface area contributed by atoms with Gasteiger partial charge in [0, 0.05) is 28.3 Å². The Kier molecular flexibility index (Phi) is 5.69. The van der Waals surface area contributed by atoms with Crippen molar-refractivity contribution in [3.63, 3.8) is 0 Å². The van der Waals surface area contributed by atoms with E-state index in [1.54, 1.807) is 30.5 Å². The number of benzene rings is 2. The highest BCUT2D eigenvalue weighted by atomic mass is 16.2. The summed E-state index contributed by atoms with van der Waals surface area (Å²) < 4.78 is 2.14. The van der Waals surface area contributed by atoms with Crippen LogP contribution in [-0.4, -0.2) is 22.6 Å². The predicted molar refractivity (Wildman–Crippen MR) is 111 cm³/mol. The third kappa shape index (κ3) is 4.17. The molecule has 0 unspecified atom stereocenters. The maximum atomic E-state index is 11.9. The molecule has 6 nitrogen and oxygen atoms in total. The topological polar surface area (TPSA) is 75.5 Å². The summed E-state index contributed by atoms with van der Waals surface area (Å²) in [7, 11) is 0. The van der Waals surface area contributed by atoms with Gasteiger partial charge in [0.25, 0.3) is 0 Å². The number of anilines is 1. The van der Waals surface area contributed by atoms with Crippen LogP contribution in [0.15, 0.2) is 65.8 Å². The minimum absolute atomic E-state index is 0.549. The van der Waals surface area contributed by atoms with E-state index in [9.17, 15) is 9.59 Å². The van der Waals surface area contributed by atoms with E-state index < -0.39 is 11.8 Å². The SMILES string of the molecule is Cc1ccccc1-n1c(C)cc(/C=N\NC(=O)C(=O)Nc2ccccc2)c1C. The molecule has 0 spiro atoms. The van der Waals surface area contributed by atoms with E-state index in [0.717, 1.165) is 22.6 Å². The summed E-state index contributed by atoms with van der Waals surface area (Å²) in [5.41, 5.74) is 8.00. The van der Waals surface area contributed by atoms with Crippen LogP contribution in [0.25, 0.3) is 5.69 Å². The maximum absolute atomic E-state index is 11.9. The lowest BCUT2D eigenvalue weighted by Crippen LogP contribution is -2.32. The van der Waals surface area contributed by atoms with E-state index in [4.69, 9.17) is 0 Å². The lowest BCUT2D eigenvalue weighted by atomic mass is 10.2. The third-order valence-electron chi connectivity index (χ3n) is 4.43. The second-order valence-corrected chi connectivity index (χ2v) is 6.47. The van der Waals surface area contributed by atoms with Gasteiger partial charge in [-0.25, -0.2) is 5.43 Å². The van der Waals surface area contributed by atoms with E-state index >= 15 is 0 Å². The van der Waals surface area contributed by atoms with Crippen molar-refractivity contribution < 1.29 is 9.59 Å². The second kappa shape index (κ2) is 8.35. The van der Waals surface area contributed by atoms with Crippen molar-refractivity contribution in [2.45, 2.75) is 20.8 Å². The molecule has 0 aliphatic heterocycles. The van der Waals surface area contributed by atoms with E-state index in [2.05, 4.69) is 39.5 Å². The zero-order valence-electron chi connectivity index (χ0n) is 16.1. The highest BCUT2D eigenvalue weighted by molar-refractivity contribution is 6.39. The summed E-state index contributed by atoms with van der Waals surface area (Å²) in [6, 6.07) is 18.9. The molecule has 6 heteroatoms. The number of rotatable bonds is 4. The number of para-hydroxylation sites is 2. The molecular formula is C22H22N4O2. The molecular weight excluding hydrogens is 352 g/mol. The predicted octanol–water partition coefficient (Wildman–Crippen LogP) is 3.49. The van der Waals surface area contributed by atoms with Gasteiger partial charge in [-0.05, 0) is 50.6 Å². The number of amides is 2. The van der Waals surface area contributed by atoms with Crippen LogP contribution in [0.2, 0.25) is 0 Å². The van der Waals surface area contributed by atoms with Crippen LogP contribution >= 0.6 is 0 Å². The van der Waals surface area contributed by atoms with Crippen molar-refractivity contribution in [3.05, 3.63) is 83.2 Å². The van der Waals surface area contributed by atoms with Crippen LogP contribution in [0, 0.1) is 20.8 Å². The average molecular weight is 374 g/mol. The molecule has 2 N–H and O–H groups in total. The van der Waals surface area contributed by atoms with Crippen molar-refractivity contribution >= 4 is 23.7 Å². The first kappa shape index (κ1) is 19.1. The van der Waals surface area contributed by atoms with E-state index in [1.807, 2.05) is 38.1 Å². The number of aryl methyl sites for hydroxylation is 2. The molecule has 2 aromatic carbocycles. The number of nitrogens with zero attached hydrogens (tertiary/aromatic N) is 2. The molecule has 0 atom stereocenters. The molecule has 1 aromatic heterocycles. The summed E-state index contributed by atoms with van der Waals surface area (Å²) in [6.07, 6.45) is 1.55. The highest BCUT2D eigenvalue weighted by Gasteiger charge is 2.13. The van der Waals surface area contributed by atoms with Gasteiger partial charge in [-0.3, -0.25) is 9.59 Å². The number of hydrogen-bond donors (Lipinski definition) is 2. The van der Waals surface area contributed by atoms with Gasteiger partial charge in [0.05, 0.1) is 6.21 Å². The van der Waals surface area contributed by atoms with Gasteiger partial charge < -0.3 is 9.88 Å². The van der Waals surface area contributed by atoms with Crippen molar-refractivity contribution in [2.75, 3.05) is 5.32 Å². The van der Waals surface area contributed by atoms with E-state index in [-0.39, 0.29) is 0 Å². The number of nitrogens with one attached hydrogen (secondary N) is 2. The first-order valence-corrected chi connectivity index (χ1v) is 8.91. The highest BCUT2D eigenvalue weighted by Crippen LogP contribution is 2.22. The van der Waals surface area contributed by atoms with Crippen molar-refractivity contribution in [1.29, 1.82) is 0 Å². The van der Waals surface area contributed by atoms with Gasteiger partial charge >= 0.3 is 11.8 Å². The minimum atomic E-state index is -0.826. The first-order chi connectivity index (χ1) is 13.5. The van der Waals surface area contributed by atoms with Gasteiger partial charge in [0.1, 0.15) is 0 Å². The zero-order chi connectivity index (χ0) is 20.1. The third-order valence-corrected chi connectivity index (χ3v) is 4.43. The number of carbonyl (C=O) groups excluding carboxylic acids is 2. The molecule has 3 aromatic rings. The Hall–Kier alpha value is -3.67. The summed E-state index contributed by atoms with van der Waals surface area (Å²) in [5, 5.41) is 6.45. The molecule has 0 aliphatic carbocycles. The molecule has 0 saturated carbocycles. The Labute approximate surface area is 163 Å². The van der Waals surface area contributed by atoms with Gasteiger partial charge in [-0.1, -0.05) is 36.4 Å². The van der Waals surface area contributed by atoms with Crippen LogP contribution < -0.4 is 10.7 Å². The van der Waals surface area contributed by atoms with Crippen LogP contribution in [0.4, 0.5) is 5.69 Å². The van der Waals surface area contributed by atoms with Crippen molar-refractivity contribution in [3.8, 4) is 5.69 Å². The summed E-state index contributed by atoms with van der Waals surface area (Å²) in [5.74, 6) is -1.60. The maximum Gasteiger partial charge on any atom is 0.329 e. The normalized spacial score (nSPS) is 10.8. The molecule has 3 rings (SSSR count). The lowest BCUT2D eigenvalue weighted by Gasteiger charge is -2.12. The monoisotopic (exact) mass is 374 g/mol. The van der Waals surface area contributed by atoms with Gasteiger partial charge in [0.2, 0.25) is 0 Å². The fraction of sp³-hybridized carbons (Fsp3) is 0.136. The molecule has 0 radical (unpaired) electrons. The smallest absolute Gasteiger partial charge is 0.318 e. The summed E-state index contributed by atoms with van der Waals surface area (Å²) in [6.45, 7) is 6.07. The standard InChI is InChI=1S/C22H22N4O2/c1-15-9-7-8-12-20(15)26-16(2)13-18(17(26)3)14-23-25-22(28)21(27)24-19-10-5-4-6-11-19/h4-14H,1-3H3,(H,24,27)(H,25,28)/b23-14-. The Morgan fingerprint density at radius 2 is 1.61 bits per heavy atom. The van der Waals surface area contributed by atoms with Crippen LogP contribution in [0.1, 0.15) is 22.5 Å². The number of aromatic nitrogens is 1. The fourth-order valence-corrected chi connectivity index (χ4v) is 3.02. The van der Waals surface area contributed by atoms with Crippen LogP contribution in [0.5, 0.6) is 0 Å². The Morgan fingerprint density at radius 3 is 2.32 bits per heavy atom. The molecule has 28 heavy (non-hydrogen) atoms. The quantitative estimate of drug-likeness (QED) is 0.417. The van der Waals surface area contributed by atoms with Gasteiger partial charge in [-0.15, -0.1) is 0 Å². The molecule has 142 valence electrons. The minimum Gasteiger partial charge on any atom is -0.318 e. The number of carbonyl (C=O) groups is 2.